The standard InChI is InChI=1S/C20H29N3.Fe/c1-15-7-5-8-16(2)19(15)22-13-11-21-12-14-23-20-17(3)9-6-10-18(20)4;/h5-10,21-23H,11-14H2,1-4H3;. The van der Waals surface area contributed by atoms with E-state index >= 15 is 0 Å². The first kappa shape index (κ1) is 20.6. The minimum absolute atomic E-state index is 0. The third kappa shape index (κ3) is 5.86. The molecule has 132 valence electrons. The first-order chi connectivity index (χ1) is 11.1. The zero-order chi connectivity index (χ0) is 16.7. The van der Waals surface area contributed by atoms with Gasteiger partial charge in [0.05, 0.1) is 0 Å². The summed E-state index contributed by atoms with van der Waals surface area (Å²) in [6, 6.07) is 12.8. The molecule has 24 heavy (non-hydrogen) atoms. The van der Waals surface area contributed by atoms with Crippen molar-refractivity contribution in [1.29, 1.82) is 0 Å². The monoisotopic (exact) mass is 367 g/mol. The molecule has 0 aliphatic heterocycles. The molecule has 3 N–H and O–H groups in total. The van der Waals surface area contributed by atoms with Crippen LogP contribution in [-0.2, 0) is 17.1 Å². The van der Waals surface area contributed by atoms with E-state index in [1.54, 1.807) is 0 Å². The Morgan fingerprint density at radius 1 is 0.583 bits per heavy atom. The van der Waals surface area contributed by atoms with Gasteiger partial charge in [-0.2, -0.15) is 0 Å². The van der Waals surface area contributed by atoms with E-state index in [1.807, 2.05) is 0 Å². The van der Waals surface area contributed by atoms with E-state index in [0.717, 1.165) is 26.2 Å². The molecule has 2 aromatic rings. The Kier molecular flexibility index (Phi) is 8.91. The average Bonchev–Trinajstić information content (AvgIpc) is 2.51. The van der Waals surface area contributed by atoms with Crippen LogP contribution in [0.5, 0.6) is 0 Å². The van der Waals surface area contributed by atoms with Crippen molar-refractivity contribution in [3.05, 3.63) is 58.7 Å². The number of hydrogen-bond acceptors (Lipinski definition) is 3. The molecule has 0 fully saturated rings. The van der Waals surface area contributed by atoms with Gasteiger partial charge in [0.25, 0.3) is 0 Å². The van der Waals surface area contributed by atoms with Gasteiger partial charge < -0.3 is 16.0 Å². The third-order valence-corrected chi connectivity index (χ3v) is 4.17. The van der Waals surface area contributed by atoms with Crippen LogP contribution >= 0.6 is 0 Å². The van der Waals surface area contributed by atoms with Crippen molar-refractivity contribution in [3.8, 4) is 0 Å². The SMILES string of the molecule is Cc1cccc(C)c1NCCNCCNc1c(C)cccc1C.[Fe]. The van der Waals surface area contributed by atoms with Crippen LogP contribution in [0.1, 0.15) is 22.3 Å². The molecule has 2 aromatic carbocycles. The molecule has 0 saturated carbocycles. The van der Waals surface area contributed by atoms with E-state index in [0.29, 0.717) is 0 Å². The molecule has 0 radical (unpaired) electrons. The molecule has 4 heteroatoms. The van der Waals surface area contributed by atoms with E-state index in [4.69, 9.17) is 0 Å². The molecule has 0 atom stereocenters. The summed E-state index contributed by atoms with van der Waals surface area (Å²) in [6.45, 7) is 12.4. The van der Waals surface area contributed by atoms with Crippen molar-refractivity contribution in [3.63, 3.8) is 0 Å². The quantitative estimate of drug-likeness (QED) is 0.487. The van der Waals surface area contributed by atoms with Crippen molar-refractivity contribution in [1.82, 2.24) is 5.32 Å². The topological polar surface area (TPSA) is 36.1 Å². The van der Waals surface area contributed by atoms with E-state index in [2.05, 4.69) is 80.0 Å². The maximum Gasteiger partial charge on any atom is 0.0400 e. The van der Waals surface area contributed by atoms with Crippen LogP contribution in [0.15, 0.2) is 36.4 Å². The number of benzene rings is 2. The zero-order valence-corrected chi connectivity index (χ0v) is 16.3. The molecule has 0 heterocycles. The maximum atomic E-state index is 3.53. The van der Waals surface area contributed by atoms with Gasteiger partial charge in [0.2, 0.25) is 0 Å². The van der Waals surface area contributed by atoms with Crippen LogP contribution in [0, 0.1) is 27.7 Å². The fraction of sp³-hybridized carbons (Fsp3) is 0.400. The summed E-state index contributed by atoms with van der Waals surface area (Å²) in [5.41, 5.74) is 7.76. The van der Waals surface area contributed by atoms with Crippen LogP contribution in [0.3, 0.4) is 0 Å². The minimum atomic E-state index is 0. The number of aryl methyl sites for hydroxylation is 4. The van der Waals surface area contributed by atoms with Gasteiger partial charge in [0, 0.05) is 54.6 Å². The Labute approximate surface area is 157 Å². The second-order valence-electron chi connectivity index (χ2n) is 6.14. The van der Waals surface area contributed by atoms with Crippen LogP contribution < -0.4 is 16.0 Å². The van der Waals surface area contributed by atoms with Gasteiger partial charge in [0.1, 0.15) is 0 Å². The third-order valence-electron chi connectivity index (χ3n) is 4.17. The molecule has 2 rings (SSSR count). The summed E-state index contributed by atoms with van der Waals surface area (Å²) in [7, 11) is 0. The zero-order valence-electron chi connectivity index (χ0n) is 15.1. The van der Waals surface area contributed by atoms with Crippen LogP contribution in [0.2, 0.25) is 0 Å². The Balaban J connectivity index is 0.00000288. The van der Waals surface area contributed by atoms with Crippen molar-refractivity contribution < 1.29 is 17.1 Å². The minimum Gasteiger partial charge on any atom is -0.383 e. The molecule has 0 spiro atoms. The number of para-hydroxylation sites is 2. The summed E-state index contributed by atoms with van der Waals surface area (Å²) in [6.07, 6.45) is 0. The molecule has 3 nitrogen and oxygen atoms in total. The summed E-state index contributed by atoms with van der Waals surface area (Å²) in [4.78, 5) is 0. The van der Waals surface area contributed by atoms with Crippen molar-refractivity contribution >= 4 is 11.4 Å². The maximum absolute atomic E-state index is 3.53. The number of rotatable bonds is 8. The van der Waals surface area contributed by atoms with Gasteiger partial charge in [-0.25, -0.2) is 0 Å². The number of nitrogens with one attached hydrogen (secondary N) is 3. The van der Waals surface area contributed by atoms with Gasteiger partial charge >= 0.3 is 0 Å². The van der Waals surface area contributed by atoms with E-state index < -0.39 is 0 Å². The summed E-state index contributed by atoms with van der Waals surface area (Å²) < 4.78 is 0. The van der Waals surface area contributed by atoms with Gasteiger partial charge in [-0.15, -0.1) is 0 Å². The van der Waals surface area contributed by atoms with Crippen LogP contribution in [0.4, 0.5) is 11.4 Å². The van der Waals surface area contributed by atoms with Gasteiger partial charge in [0.15, 0.2) is 0 Å². The molecule has 0 saturated heterocycles. The Morgan fingerprint density at radius 3 is 1.25 bits per heavy atom. The second kappa shape index (κ2) is 10.4. The molecule has 0 aliphatic carbocycles. The molecular weight excluding hydrogens is 338 g/mol. The summed E-state index contributed by atoms with van der Waals surface area (Å²) in [5, 5.41) is 10.5. The van der Waals surface area contributed by atoms with E-state index in [-0.39, 0.29) is 17.1 Å². The molecular formula is C20H29FeN3. The van der Waals surface area contributed by atoms with Crippen molar-refractivity contribution in [2.75, 3.05) is 36.8 Å². The molecule has 0 amide bonds. The molecule has 0 unspecified atom stereocenters. The summed E-state index contributed by atoms with van der Waals surface area (Å²) >= 11 is 0. The number of anilines is 2. The van der Waals surface area contributed by atoms with Gasteiger partial charge in [-0.3, -0.25) is 0 Å². The fourth-order valence-corrected chi connectivity index (χ4v) is 2.86. The van der Waals surface area contributed by atoms with Crippen LogP contribution in [0.25, 0.3) is 0 Å². The van der Waals surface area contributed by atoms with Crippen molar-refractivity contribution in [2.45, 2.75) is 27.7 Å². The largest absolute Gasteiger partial charge is 0.383 e. The Morgan fingerprint density at radius 2 is 0.917 bits per heavy atom. The Bertz CT molecular complexity index is 545. The average molecular weight is 367 g/mol. The smallest absolute Gasteiger partial charge is 0.0400 e. The molecule has 0 bridgehead atoms. The Hall–Kier alpha value is -1.48. The number of hydrogen-bond donors (Lipinski definition) is 3. The van der Waals surface area contributed by atoms with E-state index in [1.165, 1.54) is 33.6 Å². The van der Waals surface area contributed by atoms with Gasteiger partial charge in [-0.1, -0.05) is 36.4 Å². The van der Waals surface area contributed by atoms with E-state index in [9.17, 15) is 0 Å². The van der Waals surface area contributed by atoms with Gasteiger partial charge in [-0.05, 0) is 49.9 Å². The predicted octanol–water partition coefficient (Wildman–Crippen LogP) is 4.03. The predicted molar refractivity (Wildman–Crippen MR) is 102 cm³/mol. The van der Waals surface area contributed by atoms with Crippen molar-refractivity contribution in [2.24, 2.45) is 0 Å². The first-order valence-electron chi connectivity index (χ1n) is 8.40. The van der Waals surface area contributed by atoms with Crippen LogP contribution in [-0.4, -0.2) is 26.2 Å². The molecule has 0 aromatic heterocycles. The molecule has 0 aliphatic rings. The fourth-order valence-electron chi connectivity index (χ4n) is 2.86. The normalized spacial score (nSPS) is 10.2. The summed E-state index contributed by atoms with van der Waals surface area (Å²) in [5.74, 6) is 0. The first-order valence-corrected chi connectivity index (χ1v) is 8.40. The second-order valence-corrected chi connectivity index (χ2v) is 6.14.